The molecule has 1 aromatic rings. The van der Waals surface area contributed by atoms with Crippen LogP contribution in [0.4, 0.5) is 0 Å². The van der Waals surface area contributed by atoms with E-state index in [1.165, 1.54) is 0 Å². The van der Waals surface area contributed by atoms with Crippen LogP contribution < -0.4 is 4.74 Å². The van der Waals surface area contributed by atoms with Crippen LogP contribution in [0.25, 0.3) is 0 Å². The molecule has 0 spiro atoms. The monoisotopic (exact) mass is 200 g/mol. The molecule has 0 amide bonds. The lowest BCUT2D eigenvalue weighted by molar-refractivity contribution is -0.0190. The first-order valence-electron chi connectivity index (χ1n) is 4.24. The number of rotatable bonds is 3. The second-order valence-corrected chi connectivity index (χ2v) is 3.32. The summed E-state index contributed by atoms with van der Waals surface area (Å²) in [6.45, 7) is 3.79. The van der Waals surface area contributed by atoms with E-state index in [2.05, 4.69) is 0 Å². The summed E-state index contributed by atoms with van der Waals surface area (Å²) in [5, 5.41) is 9.76. The Kier molecular flexibility index (Phi) is 3.58. The predicted molar refractivity (Wildman–Crippen MR) is 53.1 cm³/mol. The summed E-state index contributed by atoms with van der Waals surface area (Å²) in [7, 11) is 0. The van der Waals surface area contributed by atoms with E-state index in [4.69, 9.17) is 16.3 Å². The Hall–Kier alpha value is -0.730. The van der Waals surface area contributed by atoms with Crippen molar-refractivity contribution in [3.63, 3.8) is 0 Å². The van der Waals surface area contributed by atoms with Crippen molar-refractivity contribution in [2.24, 2.45) is 0 Å². The van der Waals surface area contributed by atoms with Crippen molar-refractivity contribution < 1.29 is 9.84 Å². The van der Waals surface area contributed by atoms with Crippen molar-refractivity contribution in [3.05, 3.63) is 28.8 Å². The van der Waals surface area contributed by atoms with Crippen LogP contribution in [-0.2, 0) is 0 Å². The zero-order valence-corrected chi connectivity index (χ0v) is 8.51. The second-order valence-electron chi connectivity index (χ2n) is 2.91. The average Bonchev–Trinajstić information content (AvgIpc) is 2.09. The van der Waals surface area contributed by atoms with E-state index in [0.717, 1.165) is 5.56 Å². The van der Waals surface area contributed by atoms with E-state index in [9.17, 15) is 5.11 Å². The minimum Gasteiger partial charge on any atom is -0.464 e. The lowest BCUT2D eigenvalue weighted by Gasteiger charge is -2.12. The first-order chi connectivity index (χ1) is 6.13. The molecule has 2 nitrogen and oxygen atoms in total. The highest BCUT2D eigenvalue weighted by atomic mass is 35.5. The summed E-state index contributed by atoms with van der Waals surface area (Å²) >= 11 is 5.89. The van der Waals surface area contributed by atoms with Gasteiger partial charge in [0.25, 0.3) is 0 Å². The van der Waals surface area contributed by atoms with Gasteiger partial charge in [-0.2, -0.15) is 0 Å². The SMILES string of the molecule is CCC(O)Oc1ccc(C)cc1Cl. The fourth-order valence-corrected chi connectivity index (χ4v) is 1.21. The van der Waals surface area contributed by atoms with Gasteiger partial charge in [0.05, 0.1) is 5.02 Å². The number of ether oxygens (including phenoxy) is 1. The van der Waals surface area contributed by atoms with Crippen molar-refractivity contribution in [2.45, 2.75) is 26.6 Å². The molecule has 0 heterocycles. The first-order valence-corrected chi connectivity index (χ1v) is 4.62. The van der Waals surface area contributed by atoms with Crippen LogP contribution in [0, 0.1) is 6.92 Å². The zero-order chi connectivity index (χ0) is 9.84. The van der Waals surface area contributed by atoms with E-state index >= 15 is 0 Å². The van der Waals surface area contributed by atoms with Crippen molar-refractivity contribution >= 4 is 11.6 Å². The third kappa shape index (κ3) is 2.90. The van der Waals surface area contributed by atoms with Gasteiger partial charge in [0.15, 0.2) is 6.29 Å². The molecule has 1 aromatic carbocycles. The van der Waals surface area contributed by atoms with Gasteiger partial charge in [-0.25, -0.2) is 0 Å². The molecular weight excluding hydrogens is 188 g/mol. The Balaban J connectivity index is 2.77. The molecule has 0 fully saturated rings. The fourth-order valence-electron chi connectivity index (χ4n) is 0.931. The fraction of sp³-hybridized carbons (Fsp3) is 0.400. The van der Waals surface area contributed by atoms with E-state index in [1.54, 1.807) is 12.1 Å². The van der Waals surface area contributed by atoms with E-state index < -0.39 is 6.29 Å². The number of hydrogen-bond donors (Lipinski definition) is 1. The van der Waals surface area contributed by atoms with Gasteiger partial charge in [0.2, 0.25) is 0 Å². The van der Waals surface area contributed by atoms with Gasteiger partial charge < -0.3 is 9.84 Å². The number of hydrogen-bond acceptors (Lipinski definition) is 2. The largest absolute Gasteiger partial charge is 0.464 e. The molecule has 1 unspecified atom stereocenters. The number of aliphatic hydroxyl groups excluding tert-OH is 1. The van der Waals surface area contributed by atoms with Crippen LogP contribution in [0.15, 0.2) is 18.2 Å². The van der Waals surface area contributed by atoms with Crippen LogP contribution in [0.3, 0.4) is 0 Å². The topological polar surface area (TPSA) is 29.5 Å². The first kappa shape index (κ1) is 10.4. The lowest BCUT2D eigenvalue weighted by Crippen LogP contribution is -2.13. The lowest BCUT2D eigenvalue weighted by atomic mass is 10.2. The van der Waals surface area contributed by atoms with Crippen molar-refractivity contribution in [3.8, 4) is 5.75 Å². The number of benzene rings is 1. The second kappa shape index (κ2) is 4.49. The zero-order valence-electron chi connectivity index (χ0n) is 7.75. The van der Waals surface area contributed by atoms with Crippen LogP contribution >= 0.6 is 11.6 Å². The van der Waals surface area contributed by atoms with Gasteiger partial charge in [-0.3, -0.25) is 0 Å². The molecule has 0 saturated heterocycles. The van der Waals surface area contributed by atoms with E-state index in [-0.39, 0.29) is 0 Å². The average molecular weight is 201 g/mol. The summed E-state index contributed by atoms with van der Waals surface area (Å²) in [6.07, 6.45) is -0.232. The van der Waals surface area contributed by atoms with Gasteiger partial charge in [-0.15, -0.1) is 0 Å². The van der Waals surface area contributed by atoms with Gasteiger partial charge in [-0.1, -0.05) is 24.6 Å². The van der Waals surface area contributed by atoms with E-state index in [0.29, 0.717) is 17.2 Å². The Morgan fingerprint density at radius 1 is 1.54 bits per heavy atom. The summed E-state index contributed by atoms with van der Waals surface area (Å²) in [5.41, 5.74) is 1.07. The third-order valence-corrected chi connectivity index (χ3v) is 1.99. The number of halogens is 1. The maximum absolute atomic E-state index is 9.22. The minimum absolute atomic E-state index is 0.529. The van der Waals surface area contributed by atoms with Crippen molar-refractivity contribution in [1.82, 2.24) is 0 Å². The summed E-state index contributed by atoms with van der Waals surface area (Å²) in [5.74, 6) is 0.529. The molecule has 0 radical (unpaired) electrons. The third-order valence-electron chi connectivity index (χ3n) is 1.70. The maximum atomic E-state index is 9.22. The Morgan fingerprint density at radius 2 is 2.23 bits per heavy atom. The summed E-state index contributed by atoms with van der Waals surface area (Å²) in [6, 6.07) is 5.46. The molecule has 0 saturated carbocycles. The van der Waals surface area contributed by atoms with E-state index in [1.807, 2.05) is 19.9 Å². The number of aryl methyl sites for hydroxylation is 1. The molecule has 1 N–H and O–H groups in total. The quantitative estimate of drug-likeness (QED) is 0.761. The molecule has 0 aromatic heterocycles. The predicted octanol–water partition coefficient (Wildman–Crippen LogP) is 2.76. The molecule has 0 bridgehead atoms. The maximum Gasteiger partial charge on any atom is 0.197 e. The molecule has 0 aliphatic rings. The Bertz CT molecular complexity index is 286. The summed E-state index contributed by atoms with van der Waals surface area (Å²) in [4.78, 5) is 0. The summed E-state index contributed by atoms with van der Waals surface area (Å²) < 4.78 is 5.17. The normalized spacial score (nSPS) is 12.6. The van der Waals surface area contributed by atoms with Crippen LogP contribution in [0.1, 0.15) is 18.9 Å². The molecule has 0 aliphatic carbocycles. The highest BCUT2D eigenvalue weighted by molar-refractivity contribution is 6.32. The smallest absolute Gasteiger partial charge is 0.197 e. The van der Waals surface area contributed by atoms with Crippen LogP contribution in [0.5, 0.6) is 5.75 Å². The van der Waals surface area contributed by atoms with Crippen molar-refractivity contribution in [2.75, 3.05) is 0 Å². The Morgan fingerprint density at radius 3 is 2.77 bits per heavy atom. The molecular formula is C10H13ClO2. The molecule has 72 valence electrons. The molecule has 1 rings (SSSR count). The molecule has 13 heavy (non-hydrogen) atoms. The highest BCUT2D eigenvalue weighted by Gasteiger charge is 2.06. The van der Waals surface area contributed by atoms with Crippen LogP contribution in [0.2, 0.25) is 5.02 Å². The van der Waals surface area contributed by atoms with Gasteiger partial charge in [0.1, 0.15) is 5.75 Å². The molecule has 3 heteroatoms. The highest BCUT2D eigenvalue weighted by Crippen LogP contribution is 2.26. The Labute approximate surface area is 83.1 Å². The van der Waals surface area contributed by atoms with Gasteiger partial charge in [-0.05, 0) is 24.6 Å². The standard InChI is InChI=1S/C10H13ClO2/c1-3-10(12)13-9-5-4-7(2)6-8(9)11/h4-6,10,12H,3H2,1-2H3. The minimum atomic E-state index is -0.778. The number of aliphatic hydroxyl groups is 1. The van der Waals surface area contributed by atoms with Crippen LogP contribution in [-0.4, -0.2) is 11.4 Å². The van der Waals surface area contributed by atoms with Crippen molar-refractivity contribution in [1.29, 1.82) is 0 Å². The molecule has 0 aliphatic heterocycles. The van der Waals surface area contributed by atoms with Gasteiger partial charge >= 0.3 is 0 Å². The molecule has 1 atom stereocenters. The van der Waals surface area contributed by atoms with Gasteiger partial charge in [0, 0.05) is 6.42 Å².